The molecule has 1 fully saturated rings. The van der Waals surface area contributed by atoms with Gasteiger partial charge in [0, 0.05) is 17.9 Å². The van der Waals surface area contributed by atoms with Crippen molar-refractivity contribution in [2.24, 2.45) is 11.8 Å². The molecule has 0 bridgehead atoms. The van der Waals surface area contributed by atoms with Crippen LogP contribution in [0.4, 0.5) is 0 Å². The van der Waals surface area contributed by atoms with Crippen molar-refractivity contribution in [2.45, 2.75) is 13.3 Å². The molecule has 0 N–H and O–H groups in total. The quantitative estimate of drug-likeness (QED) is 0.787. The van der Waals surface area contributed by atoms with Crippen molar-refractivity contribution in [3.05, 3.63) is 11.1 Å². The zero-order valence-electron chi connectivity index (χ0n) is 11.9. The maximum Gasteiger partial charge on any atom is 0.258 e. The van der Waals surface area contributed by atoms with Crippen LogP contribution in [0.1, 0.15) is 23.1 Å². The van der Waals surface area contributed by atoms with E-state index in [4.69, 9.17) is 9.47 Å². The Hall–Kier alpha value is -2.02. The number of hydrogen-bond donors (Lipinski definition) is 0. The van der Waals surface area contributed by atoms with E-state index in [-0.39, 0.29) is 23.4 Å². The molecule has 2 unspecified atom stereocenters. The van der Waals surface area contributed by atoms with Crippen molar-refractivity contribution in [3.63, 3.8) is 0 Å². The van der Waals surface area contributed by atoms with Crippen LogP contribution < -0.4 is 9.47 Å². The summed E-state index contributed by atoms with van der Waals surface area (Å²) in [5, 5.41) is 0.390. The summed E-state index contributed by atoms with van der Waals surface area (Å²) in [6.45, 7) is 1.52. The molecule has 0 spiro atoms. The van der Waals surface area contributed by atoms with Gasteiger partial charge in [-0.3, -0.25) is 9.59 Å². The topological polar surface area (TPSA) is 78.4 Å². The number of nitrogens with zero attached hydrogens (tertiary/aromatic N) is 2. The Bertz CT molecular complexity index is 699. The van der Waals surface area contributed by atoms with Gasteiger partial charge in [-0.1, -0.05) is 0 Å². The molecule has 21 heavy (non-hydrogen) atoms. The van der Waals surface area contributed by atoms with Gasteiger partial charge >= 0.3 is 0 Å². The zero-order valence-corrected chi connectivity index (χ0v) is 12.7. The van der Waals surface area contributed by atoms with Gasteiger partial charge in [-0.15, -0.1) is 11.3 Å². The first-order valence-electron chi connectivity index (χ1n) is 6.49. The summed E-state index contributed by atoms with van der Waals surface area (Å²) >= 11 is 1.27. The van der Waals surface area contributed by atoms with Crippen molar-refractivity contribution in [1.82, 2.24) is 9.97 Å². The summed E-state index contributed by atoms with van der Waals surface area (Å²) in [6.07, 6.45) is 0.629. The van der Waals surface area contributed by atoms with Gasteiger partial charge in [0.15, 0.2) is 22.2 Å². The van der Waals surface area contributed by atoms with E-state index in [0.717, 1.165) is 4.70 Å². The molecule has 6 nitrogen and oxygen atoms in total. The Labute approximate surface area is 125 Å². The van der Waals surface area contributed by atoms with Crippen LogP contribution >= 0.6 is 11.3 Å². The summed E-state index contributed by atoms with van der Waals surface area (Å²) in [7, 11) is 3.02. The third kappa shape index (κ3) is 2.37. The molecular weight excluding hydrogens is 292 g/mol. The second-order valence-electron chi connectivity index (χ2n) is 4.96. The van der Waals surface area contributed by atoms with Crippen LogP contribution in [0.15, 0.2) is 6.07 Å². The monoisotopic (exact) mass is 306 g/mol. The largest absolute Gasteiger partial charge is 0.491 e. The normalized spacial score (nSPS) is 20.3. The molecule has 2 heterocycles. The number of hydrogen-bond acceptors (Lipinski definition) is 7. The summed E-state index contributed by atoms with van der Waals surface area (Å²) < 4.78 is 11.1. The van der Waals surface area contributed by atoms with E-state index in [9.17, 15) is 9.59 Å². The number of fused-ring (bicyclic) bond motifs is 1. The Balaban J connectivity index is 1.94. The van der Waals surface area contributed by atoms with E-state index in [2.05, 4.69) is 9.97 Å². The van der Waals surface area contributed by atoms with Gasteiger partial charge in [0.05, 0.1) is 18.9 Å². The van der Waals surface area contributed by atoms with Gasteiger partial charge < -0.3 is 9.47 Å². The van der Waals surface area contributed by atoms with E-state index in [1.165, 1.54) is 32.5 Å². The lowest BCUT2D eigenvalue weighted by atomic mass is 10.2. The summed E-state index contributed by atoms with van der Waals surface area (Å²) in [6, 6.07) is 1.75. The standard InChI is InChI=1S/C14H14N2O4S/c1-6(17)7-4-8(7)11(18)14-16-12-10(21-14)5-9(19-2)13(15-12)20-3/h5,7-8H,4H2,1-3H3. The minimum absolute atomic E-state index is 0.0657. The van der Waals surface area contributed by atoms with Gasteiger partial charge in [0.1, 0.15) is 5.78 Å². The van der Waals surface area contributed by atoms with Crippen LogP contribution in [0.3, 0.4) is 0 Å². The predicted octanol–water partition coefficient (Wildman–Crippen LogP) is 2.12. The number of ether oxygens (including phenoxy) is 2. The second-order valence-corrected chi connectivity index (χ2v) is 5.99. The Morgan fingerprint density at radius 2 is 2.00 bits per heavy atom. The lowest BCUT2D eigenvalue weighted by molar-refractivity contribution is -0.118. The van der Waals surface area contributed by atoms with Crippen LogP contribution in [0.2, 0.25) is 0 Å². The van der Waals surface area contributed by atoms with Crippen LogP contribution in [-0.2, 0) is 4.79 Å². The average molecular weight is 306 g/mol. The maximum atomic E-state index is 12.3. The highest BCUT2D eigenvalue weighted by molar-refractivity contribution is 7.20. The first kappa shape index (κ1) is 13.9. The molecule has 0 saturated heterocycles. The molecule has 0 amide bonds. The van der Waals surface area contributed by atoms with Crippen molar-refractivity contribution in [1.29, 1.82) is 0 Å². The zero-order chi connectivity index (χ0) is 15.1. The highest BCUT2D eigenvalue weighted by Gasteiger charge is 2.47. The number of thiazole rings is 1. The molecular formula is C14H14N2O4S. The molecule has 2 atom stereocenters. The van der Waals surface area contributed by atoms with Crippen LogP contribution in [0, 0.1) is 11.8 Å². The molecule has 1 aliphatic rings. The summed E-state index contributed by atoms with van der Waals surface area (Å²) in [5.74, 6) is 0.475. The predicted molar refractivity (Wildman–Crippen MR) is 77.1 cm³/mol. The van der Waals surface area contributed by atoms with Gasteiger partial charge in [0.25, 0.3) is 5.88 Å². The van der Waals surface area contributed by atoms with E-state index in [1.807, 2.05) is 0 Å². The first-order valence-corrected chi connectivity index (χ1v) is 7.31. The number of carbonyl (C=O) groups excluding carboxylic acids is 2. The van der Waals surface area contributed by atoms with Gasteiger partial charge in [-0.2, -0.15) is 4.98 Å². The van der Waals surface area contributed by atoms with Gasteiger partial charge in [-0.25, -0.2) is 4.98 Å². The second kappa shape index (κ2) is 5.07. The number of Topliss-reactive ketones (excluding diaryl/α,β-unsaturated/α-hetero) is 2. The van der Waals surface area contributed by atoms with Crippen LogP contribution in [-0.4, -0.2) is 35.8 Å². The van der Waals surface area contributed by atoms with Crippen LogP contribution in [0.25, 0.3) is 10.3 Å². The molecule has 1 aliphatic carbocycles. The highest BCUT2D eigenvalue weighted by atomic mass is 32.1. The fraction of sp³-hybridized carbons (Fsp3) is 0.429. The molecule has 3 rings (SSSR count). The average Bonchev–Trinajstić information content (AvgIpc) is 3.18. The third-order valence-electron chi connectivity index (χ3n) is 3.59. The lowest BCUT2D eigenvalue weighted by Gasteiger charge is -2.04. The van der Waals surface area contributed by atoms with E-state index < -0.39 is 0 Å². The highest BCUT2D eigenvalue weighted by Crippen LogP contribution is 2.43. The Morgan fingerprint density at radius 3 is 2.57 bits per heavy atom. The molecule has 110 valence electrons. The third-order valence-corrected chi connectivity index (χ3v) is 4.59. The van der Waals surface area contributed by atoms with E-state index >= 15 is 0 Å². The number of carbonyl (C=O) groups is 2. The fourth-order valence-electron chi connectivity index (χ4n) is 2.32. The molecule has 2 aromatic rings. The number of methoxy groups -OCH3 is 2. The molecule has 0 aliphatic heterocycles. The summed E-state index contributed by atoms with van der Waals surface area (Å²) in [4.78, 5) is 32.1. The van der Waals surface area contributed by atoms with Crippen molar-refractivity contribution in [2.75, 3.05) is 14.2 Å². The van der Waals surface area contributed by atoms with Gasteiger partial charge in [0.2, 0.25) is 0 Å². The molecule has 7 heteroatoms. The van der Waals surface area contributed by atoms with Crippen molar-refractivity contribution >= 4 is 33.3 Å². The number of ketones is 2. The lowest BCUT2D eigenvalue weighted by Crippen LogP contribution is -2.06. The maximum absolute atomic E-state index is 12.3. The molecule has 0 radical (unpaired) electrons. The first-order chi connectivity index (χ1) is 10.0. The molecule has 1 saturated carbocycles. The minimum Gasteiger partial charge on any atom is -0.491 e. The number of rotatable bonds is 5. The smallest absolute Gasteiger partial charge is 0.258 e. The molecule has 0 aromatic carbocycles. The SMILES string of the molecule is COc1cc2sc(C(=O)C3CC3C(C)=O)nc2nc1OC. The molecule has 2 aromatic heterocycles. The minimum atomic E-state index is -0.216. The fourth-order valence-corrected chi connectivity index (χ4v) is 3.26. The number of aromatic nitrogens is 2. The van der Waals surface area contributed by atoms with Gasteiger partial charge in [-0.05, 0) is 13.3 Å². The summed E-state index contributed by atoms with van der Waals surface area (Å²) in [5.41, 5.74) is 0.459. The van der Waals surface area contributed by atoms with Crippen molar-refractivity contribution in [3.8, 4) is 11.6 Å². The Kier molecular flexibility index (Phi) is 3.36. The van der Waals surface area contributed by atoms with E-state index in [0.29, 0.717) is 28.7 Å². The number of pyridine rings is 1. The Morgan fingerprint density at radius 1 is 1.24 bits per heavy atom. The van der Waals surface area contributed by atoms with E-state index in [1.54, 1.807) is 6.07 Å². The van der Waals surface area contributed by atoms with Crippen molar-refractivity contribution < 1.29 is 19.1 Å². The van der Waals surface area contributed by atoms with Crippen LogP contribution in [0.5, 0.6) is 11.6 Å².